The van der Waals surface area contributed by atoms with Crippen molar-refractivity contribution in [2.24, 2.45) is 0 Å². The largest absolute Gasteiger partial charge is 0.243 e. The fourth-order valence-corrected chi connectivity index (χ4v) is 11.5. The average molecular weight is 1070 g/mol. The van der Waals surface area contributed by atoms with Gasteiger partial charge in [0, 0.05) is 47.5 Å². The molecule has 0 N–H and O–H groups in total. The second kappa shape index (κ2) is 18.4. The summed E-state index contributed by atoms with van der Waals surface area (Å²) in [5.74, 6) is 0. The van der Waals surface area contributed by atoms with Gasteiger partial charge in [-0.1, -0.05) is 148 Å². The van der Waals surface area contributed by atoms with Gasteiger partial charge in [0.15, 0.2) is 0 Å². The van der Waals surface area contributed by atoms with Gasteiger partial charge in [0.05, 0.1) is 9.79 Å². The van der Waals surface area contributed by atoms with Crippen LogP contribution in [0.4, 0.5) is 0 Å². The topological polar surface area (TPSA) is 74.8 Å². The van der Waals surface area contributed by atoms with Crippen LogP contribution in [0.2, 0.25) is 0 Å². The first kappa shape index (κ1) is 43.2. The second-order valence-corrected chi connectivity index (χ2v) is 21.0. The van der Waals surface area contributed by atoms with Crippen LogP contribution in [-0.2, 0) is 67.5 Å². The third-order valence-electron chi connectivity index (χ3n) is 10.2. The van der Waals surface area contributed by atoms with E-state index in [1.54, 1.807) is 32.9 Å². The molecule has 1 heterocycles. The fourth-order valence-electron chi connectivity index (χ4n) is 7.38. The van der Waals surface area contributed by atoms with Crippen molar-refractivity contribution in [3.8, 4) is 22.3 Å². The molecule has 0 saturated heterocycles. The molecule has 0 fully saturated rings. The number of aryl methyl sites for hydroxylation is 2. The van der Waals surface area contributed by atoms with Crippen LogP contribution in [0.3, 0.4) is 0 Å². The minimum atomic E-state index is -3.95. The molecule has 8 bridgehead atoms. The maximum Gasteiger partial charge on any atom is 0.243 e. The molecule has 7 rings (SSSR count). The molecule has 0 saturated carbocycles. The first-order valence-electron chi connectivity index (χ1n) is 18.7. The van der Waals surface area contributed by atoms with Gasteiger partial charge in [0.1, 0.15) is 0 Å². The summed E-state index contributed by atoms with van der Waals surface area (Å²) in [4.78, 5) is 0.479. The Morgan fingerprint density at radius 3 is 0.862 bits per heavy atom. The van der Waals surface area contributed by atoms with E-state index in [0.29, 0.717) is 21.3 Å². The summed E-state index contributed by atoms with van der Waals surface area (Å²) in [6.45, 7) is 4.42. The Bertz CT molecular complexity index is 2390. The number of benzene rings is 6. The molecular weight excluding hydrogens is 1030 g/mol. The Balaban J connectivity index is 1.47. The van der Waals surface area contributed by atoms with Gasteiger partial charge in [-0.3, -0.25) is 0 Å². The number of hydrogen-bond acceptors (Lipinski definition) is 4. The average Bonchev–Trinajstić information content (AvgIpc) is 3.22. The quantitative estimate of drug-likeness (QED) is 0.142. The highest BCUT2D eigenvalue weighted by Gasteiger charge is 2.28. The summed E-state index contributed by atoms with van der Waals surface area (Å²) >= 11 is 14.7. The highest BCUT2D eigenvalue weighted by Crippen LogP contribution is 2.34. The maximum atomic E-state index is 14.6. The van der Waals surface area contributed by atoms with Crippen molar-refractivity contribution in [2.75, 3.05) is 0 Å². The highest BCUT2D eigenvalue weighted by atomic mass is 79.9. The van der Waals surface area contributed by atoms with Gasteiger partial charge in [-0.15, -0.1) is 0 Å². The van der Waals surface area contributed by atoms with Crippen LogP contribution in [0, 0.1) is 13.8 Å². The summed E-state index contributed by atoms with van der Waals surface area (Å²) in [5, 5.41) is 2.27. The van der Waals surface area contributed by atoms with E-state index in [1.165, 1.54) is 0 Å². The lowest BCUT2D eigenvalue weighted by atomic mass is 9.96. The molecule has 300 valence electrons. The van der Waals surface area contributed by atoms with Crippen molar-refractivity contribution in [3.05, 3.63) is 177 Å². The number of rotatable bonds is 8. The summed E-state index contributed by atoms with van der Waals surface area (Å²) in [6.07, 6.45) is 0. The molecule has 0 radical (unpaired) electrons. The third-order valence-corrected chi connectivity index (χ3v) is 16.4. The van der Waals surface area contributed by atoms with Gasteiger partial charge in [-0.25, -0.2) is 16.8 Å². The molecule has 6 nitrogen and oxygen atoms in total. The van der Waals surface area contributed by atoms with E-state index in [0.717, 1.165) is 77.9 Å². The van der Waals surface area contributed by atoms with E-state index in [9.17, 15) is 16.8 Å². The summed E-state index contributed by atoms with van der Waals surface area (Å²) in [5.41, 5.74) is 12.9. The molecule has 12 heteroatoms. The van der Waals surface area contributed by atoms with Crippen LogP contribution in [-0.4, -0.2) is 25.4 Å². The van der Waals surface area contributed by atoms with Crippen molar-refractivity contribution >= 4 is 83.8 Å². The first-order chi connectivity index (χ1) is 27.8. The normalized spacial score (nSPS) is 14.2. The lowest BCUT2D eigenvalue weighted by Gasteiger charge is -2.25. The number of fused-ring (bicyclic) bond motifs is 10. The zero-order valence-electron chi connectivity index (χ0n) is 32.1. The monoisotopic (exact) mass is 1070 g/mol. The molecule has 1 aliphatic heterocycles. The Morgan fingerprint density at radius 1 is 0.397 bits per heavy atom. The second-order valence-electron chi connectivity index (χ2n) is 14.9. The van der Waals surface area contributed by atoms with E-state index < -0.39 is 20.0 Å². The molecule has 0 atom stereocenters. The molecule has 1 aliphatic rings. The molecule has 0 unspecified atom stereocenters. The van der Waals surface area contributed by atoms with Crippen molar-refractivity contribution in [3.63, 3.8) is 0 Å². The van der Waals surface area contributed by atoms with E-state index in [2.05, 4.69) is 112 Å². The van der Waals surface area contributed by atoms with Crippen LogP contribution < -0.4 is 0 Å². The predicted octanol–water partition coefficient (Wildman–Crippen LogP) is 12.3. The van der Waals surface area contributed by atoms with Gasteiger partial charge in [0.2, 0.25) is 20.0 Å². The minimum absolute atomic E-state index is 0.134. The van der Waals surface area contributed by atoms with Gasteiger partial charge in [-0.2, -0.15) is 8.61 Å². The predicted molar refractivity (Wildman–Crippen MR) is 250 cm³/mol. The van der Waals surface area contributed by atoms with E-state index in [-0.39, 0.29) is 36.0 Å². The van der Waals surface area contributed by atoms with Gasteiger partial charge < -0.3 is 0 Å². The Hall–Kier alpha value is -2.94. The SMILES string of the molecule is Cc1ccc(S(=O)(=O)N2Cc3cc(CBr)cc(c3)-c3cc(CBr)cc(c3)CN(S(=O)(=O)c3ccc(C)cc3)Cc3cc(CBr)cc(c3)-c3cc(CBr)cc(c3)C2)cc1. The van der Waals surface area contributed by atoms with Crippen LogP contribution in [0.1, 0.15) is 55.6 Å². The van der Waals surface area contributed by atoms with Gasteiger partial charge in [0.25, 0.3) is 0 Å². The first-order valence-corrected chi connectivity index (χ1v) is 26.0. The van der Waals surface area contributed by atoms with Crippen LogP contribution in [0.5, 0.6) is 0 Å². The maximum absolute atomic E-state index is 14.6. The Labute approximate surface area is 376 Å². The van der Waals surface area contributed by atoms with Gasteiger partial charge >= 0.3 is 0 Å². The molecule has 58 heavy (non-hydrogen) atoms. The third kappa shape index (κ3) is 9.81. The summed E-state index contributed by atoms with van der Waals surface area (Å²) in [7, 11) is -7.90. The van der Waals surface area contributed by atoms with E-state index >= 15 is 0 Å². The van der Waals surface area contributed by atoms with Crippen molar-refractivity contribution in [2.45, 2.75) is 71.1 Å². The minimum Gasteiger partial charge on any atom is -0.207 e. The van der Waals surface area contributed by atoms with Crippen molar-refractivity contribution in [1.82, 2.24) is 8.61 Å². The van der Waals surface area contributed by atoms with Crippen LogP contribution in [0.25, 0.3) is 22.3 Å². The molecule has 6 aromatic carbocycles. The van der Waals surface area contributed by atoms with Crippen molar-refractivity contribution in [1.29, 1.82) is 0 Å². The smallest absolute Gasteiger partial charge is 0.207 e. The fraction of sp³-hybridized carbons (Fsp3) is 0.217. The zero-order chi connectivity index (χ0) is 41.2. The lowest BCUT2D eigenvalue weighted by molar-refractivity contribution is 0.400. The number of hydrogen-bond donors (Lipinski definition) is 0. The number of halogens is 4. The Morgan fingerprint density at radius 2 is 0.638 bits per heavy atom. The molecular formula is C46H42Br4N2O4S2. The standard InChI is InChI=1S/C46H42Br4N2O4S2/c1-31-3-7-45(8-4-31)57(53,54)51-27-37-11-33(23-47)15-41(19-37)43-17-35(25-49)13-39(21-43)29-52(58(55,56)46-9-5-32(2)6-10-46)30-40-14-36(26-50)18-44(22-40)42-16-34(24-48)12-38(20-42)28-51/h3-22H,23-30H2,1-2H3. The van der Waals surface area contributed by atoms with Crippen molar-refractivity contribution < 1.29 is 16.8 Å². The van der Waals surface area contributed by atoms with Gasteiger partial charge in [-0.05, 0) is 129 Å². The summed E-state index contributed by atoms with van der Waals surface area (Å²) in [6, 6.07) is 38.9. The van der Waals surface area contributed by atoms with Crippen LogP contribution in [0.15, 0.2) is 131 Å². The lowest BCUT2D eigenvalue weighted by Crippen LogP contribution is -2.30. The van der Waals surface area contributed by atoms with E-state index in [4.69, 9.17) is 0 Å². The molecule has 0 spiro atoms. The molecule has 0 aliphatic carbocycles. The number of alkyl halides is 4. The molecule has 0 aromatic heterocycles. The zero-order valence-corrected chi connectivity index (χ0v) is 40.0. The highest BCUT2D eigenvalue weighted by molar-refractivity contribution is 9.09. The van der Waals surface area contributed by atoms with Crippen LogP contribution >= 0.6 is 63.7 Å². The number of sulfonamides is 2. The Kier molecular flexibility index (Phi) is 13.7. The number of nitrogens with zero attached hydrogens (tertiary/aromatic N) is 2. The molecule has 6 aromatic rings. The van der Waals surface area contributed by atoms with E-state index in [1.807, 2.05) is 62.4 Å². The molecule has 0 amide bonds. The summed E-state index contributed by atoms with van der Waals surface area (Å²) < 4.78 is 61.7.